The first kappa shape index (κ1) is 18.3. The lowest BCUT2D eigenvalue weighted by Crippen LogP contribution is -2.38. The summed E-state index contributed by atoms with van der Waals surface area (Å²) in [5.74, 6) is 0.498. The van der Waals surface area contributed by atoms with Gasteiger partial charge in [0.05, 0.1) is 18.7 Å². The van der Waals surface area contributed by atoms with Crippen LogP contribution >= 0.6 is 12.4 Å². The first-order chi connectivity index (χ1) is 12.1. The summed E-state index contributed by atoms with van der Waals surface area (Å²) in [5, 5.41) is 5.33. The van der Waals surface area contributed by atoms with Gasteiger partial charge in [0.1, 0.15) is 5.82 Å². The molecule has 2 aromatic heterocycles. The first-order valence-electron chi connectivity index (χ1n) is 8.34. The lowest BCUT2D eigenvalue weighted by atomic mass is 10.1. The van der Waals surface area contributed by atoms with Crippen molar-refractivity contribution >= 4 is 35.0 Å². The maximum absolute atomic E-state index is 13.1. The van der Waals surface area contributed by atoms with Gasteiger partial charge in [-0.15, -0.1) is 12.4 Å². The van der Waals surface area contributed by atoms with Crippen LogP contribution < -0.4 is 5.73 Å². The van der Waals surface area contributed by atoms with Crippen molar-refractivity contribution in [3.63, 3.8) is 0 Å². The number of nitrogens with one attached hydrogen (secondary N) is 1. The Morgan fingerprint density at radius 2 is 2.23 bits per heavy atom. The van der Waals surface area contributed by atoms with E-state index in [1.165, 1.54) is 0 Å². The van der Waals surface area contributed by atoms with Gasteiger partial charge >= 0.3 is 0 Å². The van der Waals surface area contributed by atoms with Crippen LogP contribution in [0.3, 0.4) is 0 Å². The Kier molecular flexibility index (Phi) is 5.20. The van der Waals surface area contributed by atoms with Crippen LogP contribution in [0.2, 0.25) is 0 Å². The molecule has 1 aliphatic rings. The number of carbonyl (C=O) groups excluding carboxylic acids is 1. The van der Waals surface area contributed by atoms with Crippen LogP contribution in [0.1, 0.15) is 16.8 Å². The minimum Gasteiger partial charge on any atom is -0.382 e. The average molecular weight is 376 g/mol. The largest absolute Gasteiger partial charge is 0.382 e. The van der Waals surface area contributed by atoms with Crippen LogP contribution in [0, 0.1) is 0 Å². The Morgan fingerprint density at radius 1 is 1.38 bits per heavy atom. The van der Waals surface area contributed by atoms with Gasteiger partial charge in [0.2, 0.25) is 0 Å². The molecule has 0 saturated carbocycles. The highest BCUT2D eigenvalue weighted by atomic mass is 35.5. The van der Waals surface area contributed by atoms with Crippen molar-refractivity contribution in [3.8, 4) is 0 Å². The third-order valence-electron chi connectivity index (χ3n) is 4.83. The van der Waals surface area contributed by atoms with Crippen molar-refractivity contribution in [2.75, 3.05) is 19.4 Å². The number of fused-ring (bicyclic) bond motifs is 1. The number of likely N-dealkylation sites (tertiary alicyclic amines) is 1. The maximum Gasteiger partial charge on any atom is 0.254 e. The smallest absolute Gasteiger partial charge is 0.254 e. The van der Waals surface area contributed by atoms with E-state index in [1.54, 1.807) is 17.9 Å². The lowest BCUT2D eigenvalue weighted by Gasteiger charge is -2.24. The number of hydrogen-bond acceptors (Lipinski definition) is 4. The van der Waals surface area contributed by atoms with Gasteiger partial charge in [-0.25, -0.2) is 0 Å². The van der Waals surface area contributed by atoms with Crippen LogP contribution in [0.4, 0.5) is 5.82 Å². The summed E-state index contributed by atoms with van der Waals surface area (Å²) in [6.07, 6.45) is 4.53. The van der Waals surface area contributed by atoms with E-state index in [9.17, 15) is 4.79 Å². The van der Waals surface area contributed by atoms with Crippen LogP contribution in [0.25, 0.3) is 10.9 Å². The summed E-state index contributed by atoms with van der Waals surface area (Å²) in [6.45, 7) is 1.19. The molecular weight excluding hydrogens is 354 g/mol. The molecule has 0 radical (unpaired) electrons. The molecule has 0 spiro atoms. The van der Waals surface area contributed by atoms with Crippen LogP contribution in [0.15, 0.2) is 42.7 Å². The number of nitrogens with zero attached hydrogens (tertiary/aromatic N) is 3. The van der Waals surface area contributed by atoms with Crippen molar-refractivity contribution in [2.45, 2.75) is 25.1 Å². The summed E-state index contributed by atoms with van der Waals surface area (Å²) in [6, 6.07) is 9.52. The molecule has 3 N–H and O–H groups in total. The van der Waals surface area contributed by atoms with E-state index in [4.69, 9.17) is 10.5 Å². The number of nitrogen functional groups attached to an aromatic ring is 1. The highest BCUT2D eigenvalue weighted by molar-refractivity contribution is 5.98. The Bertz CT molecular complexity index is 906. The molecule has 3 aromatic rings. The molecule has 1 amide bonds. The number of halogens is 1. The molecule has 1 saturated heterocycles. The van der Waals surface area contributed by atoms with Gasteiger partial charge in [-0.3, -0.25) is 9.48 Å². The van der Waals surface area contributed by atoms with Crippen LogP contribution in [-0.2, 0) is 11.3 Å². The molecule has 1 aromatic carbocycles. The van der Waals surface area contributed by atoms with E-state index in [0.29, 0.717) is 24.5 Å². The number of ether oxygens (including phenoxy) is 1. The predicted octanol–water partition coefficient (Wildman–Crippen LogP) is 2.30. The number of amides is 1. The van der Waals surface area contributed by atoms with Crippen LogP contribution in [-0.4, -0.2) is 51.4 Å². The number of aromatic nitrogens is 3. The molecule has 7 nitrogen and oxygen atoms in total. The van der Waals surface area contributed by atoms with Crippen molar-refractivity contribution in [2.24, 2.45) is 0 Å². The molecule has 26 heavy (non-hydrogen) atoms. The molecule has 2 atom stereocenters. The van der Waals surface area contributed by atoms with Gasteiger partial charge < -0.3 is 20.4 Å². The summed E-state index contributed by atoms with van der Waals surface area (Å²) in [5.41, 5.74) is 7.33. The summed E-state index contributed by atoms with van der Waals surface area (Å²) in [7, 11) is 1.69. The normalized spacial score (nSPS) is 19.7. The van der Waals surface area contributed by atoms with E-state index in [-0.39, 0.29) is 30.5 Å². The molecule has 4 rings (SSSR count). The molecule has 8 heteroatoms. The number of methoxy groups -OCH3 is 1. The van der Waals surface area contributed by atoms with Gasteiger partial charge in [-0.1, -0.05) is 6.07 Å². The summed E-state index contributed by atoms with van der Waals surface area (Å²) in [4.78, 5) is 18.1. The molecule has 0 aliphatic carbocycles. The molecular formula is C18H22ClN5O2. The summed E-state index contributed by atoms with van der Waals surface area (Å²) < 4.78 is 7.29. The average Bonchev–Trinajstić information content (AvgIpc) is 3.33. The van der Waals surface area contributed by atoms with Crippen molar-refractivity contribution in [1.29, 1.82) is 0 Å². The number of H-pyrrole nitrogens is 1. The van der Waals surface area contributed by atoms with Gasteiger partial charge in [-0.05, 0) is 36.1 Å². The van der Waals surface area contributed by atoms with E-state index in [2.05, 4.69) is 10.1 Å². The van der Waals surface area contributed by atoms with E-state index in [1.807, 2.05) is 41.6 Å². The first-order valence-corrected chi connectivity index (χ1v) is 8.34. The number of carbonyl (C=O) groups is 1. The third kappa shape index (κ3) is 3.40. The zero-order valence-corrected chi connectivity index (χ0v) is 15.3. The fourth-order valence-corrected chi connectivity index (χ4v) is 3.51. The van der Waals surface area contributed by atoms with Gasteiger partial charge in [0, 0.05) is 37.1 Å². The SMILES string of the molecule is CO[C@H]1C[C@@H](Cn2ccc(N)n2)N(C(=O)c2ccc3cc[nH]c3c2)C1.Cl. The Morgan fingerprint density at radius 3 is 2.96 bits per heavy atom. The number of benzene rings is 1. The number of hydrogen-bond donors (Lipinski definition) is 2. The second kappa shape index (κ2) is 7.39. The van der Waals surface area contributed by atoms with Crippen molar-refractivity contribution < 1.29 is 9.53 Å². The molecule has 138 valence electrons. The molecule has 0 unspecified atom stereocenters. The molecule has 1 fully saturated rings. The number of nitrogens with two attached hydrogens (primary N) is 1. The minimum absolute atomic E-state index is 0. The highest BCUT2D eigenvalue weighted by Gasteiger charge is 2.36. The van der Waals surface area contributed by atoms with Crippen LogP contribution in [0.5, 0.6) is 0 Å². The Hall–Kier alpha value is -2.51. The Labute approximate surface area is 157 Å². The fraction of sp³-hybridized carbons (Fsp3) is 0.333. The standard InChI is InChI=1S/C18H21N5O2.ClH/c1-25-15-9-14(10-22-7-5-17(19)21-22)23(11-15)18(24)13-3-2-12-4-6-20-16(12)8-13;/h2-8,14-15,20H,9-11H2,1H3,(H2,19,21);1H/t14-,15-;/m0./s1. The minimum atomic E-state index is 0. The van der Waals surface area contributed by atoms with Crippen molar-refractivity contribution in [3.05, 3.63) is 48.3 Å². The maximum atomic E-state index is 13.1. The van der Waals surface area contributed by atoms with Gasteiger partial charge in [-0.2, -0.15) is 5.10 Å². The number of anilines is 1. The predicted molar refractivity (Wildman–Crippen MR) is 102 cm³/mol. The van der Waals surface area contributed by atoms with E-state index in [0.717, 1.165) is 17.3 Å². The quantitative estimate of drug-likeness (QED) is 0.732. The number of aromatic amines is 1. The van der Waals surface area contributed by atoms with Gasteiger partial charge in [0.15, 0.2) is 0 Å². The second-order valence-electron chi connectivity index (χ2n) is 6.45. The molecule has 0 bridgehead atoms. The fourth-order valence-electron chi connectivity index (χ4n) is 3.51. The van der Waals surface area contributed by atoms with Crippen molar-refractivity contribution in [1.82, 2.24) is 19.7 Å². The summed E-state index contributed by atoms with van der Waals surface area (Å²) >= 11 is 0. The zero-order valence-electron chi connectivity index (χ0n) is 14.5. The number of rotatable bonds is 4. The third-order valence-corrected chi connectivity index (χ3v) is 4.83. The zero-order chi connectivity index (χ0) is 17.4. The highest BCUT2D eigenvalue weighted by Crippen LogP contribution is 2.25. The molecule has 1 aliphatic heterocycles. The second-order valence-corrected chi connectivity index (χ2v) is 6.45. The topological polar surface area (TPSA) is 89.2 Å². The van der Waals surface area contributed by atoms with Gasteiger partial charge in [0.25, 0.3) is 5.91 Å². The van der Waals surface area contributed by atoms with E-state index < -0.39 is 0 Å². The van der Waals surface area contributed by atoms with E-state index >= 15 is 0 Å². The molecule has 3 heterocycles. The lowest BCUT2D eigenvalue weighted by molar-refractivity contribution is 0.0679. The Balaban J connectivity index is 0.00000196. The monoisotopic (exact) mass is 375 g/mol.